The van der Waals surface area contributed by atoms with Gasteiger partial charge in [0.05, 0.1) is 21.8 Å². The van der Waals surface area contributed by atoms with Gasteiger partial charge in [-0.1, -0.05) is 19.1 Å². The zero-order chi connectivity index (χ0) is 21.3. The summed E-state index contributed by atoms with van der Waals surface area (Å²) in [5.41, 5.74) is 5.64. The second-order valence-corrected chi connectivity index (χ2v) is 8.73. The van der Waals surface area contributed by atoms with Crippen LogP contribution in [0.4, 0.5) is 5.82 Å². The second-order valence-electron chi connectivity index (χ2n) is 7.66. The average molecular weight is 428 g/mol. The summed E-state index contributed by atoms with van der Waals surface area (Å²) in [4.78, 5) is 46.0. The summed E-state index contributed by atoms with van der Waals surface area (Å²) in [7, 11) is 0. The number of ketones is 1. The molecule has 3 aromatic rings. The largest absolute Gasteiger partial charge is 0.384 e. The number of nitrogens with zero attached hydrogens (tertiary/aromatic N) is 3. The SMILES string of the molecule is CCCn1c(N)c(C(=O)CN2CCC(c3nc4ccccc4s3)CC2)c(=O)[nH]c1=O. The van der Waals surface area contributed by atoms with Crippen LogP contribution in [-0.4, -0.2) is 44.9 Å². The number of rotatable bonds is 6. The van der Waals surface area contributed by atoms with Crippen LogP contribution in [0, 0.1) is 0 Å². The van der Waals surface area contributed by atoms with Gasteiger partial charge in [-0.3, -0.25) is 24.0 Å². The van der Waals surface area contributed by atoms with Gasteiger partial charge in [-0.25, -0.2) is 9.78 Å². The number of hydrogen-bond acceptors (Lipinski definition) is 7. The minimum absolute atomic E-state index is 0.0417. The molecular weight excluding hydrogens is 402 g/mol. The Morgan fingerprint density at radius 3 is 2.70 bits per heavy atom. The molecule has 1 saturated heterocycles. The molecule has 0 aliphatic carbocycles. The fourth-order valence-electron chi connectivity index (χ4n) is 3.99. The molecular formula is C21H25N5O3S. The molecule has 9 heteroatoms. The van der Waals surface area contributed by atoms with Crippen LogP contribution in [0.1, 0.15) is 47.5 Å². The van der Waals surface area contributed by atoms with Gasteiger partial charge in [0.1, 0.15) is 11.4 Å². The number of nitrogens with one attached hydrogen (secondary N) is 1. The standard InChI is InChI=1S/C21H25N5O3S/c1-2-9-26-18(22)17(19(28)24-21(26)29)15(27)12-25-10-7-13(8-11-25)20-23-14-5-3-4-6-16(14)30-20/h3-6,13H,2,7-12,22H2,1H3,(H,24,28,29). The highest BCUT2D eigenvalue weighted by Crippen LogP contribution is 2.33. The van der Waals surface area contributed by atoms with Crippen LogP contribution < -0.4 is 17.0 Å². The molecule has 1 aromatic carbocycles. The summed E-state index contributed by atoms with van der Waals surface area (Å²) in [5.74, 6) is -0.00862. The Morgan fingerprint density at radius 1 is 1.27 bits per heavy atom. The second kappa shape index (κ2) is 8.53. The van der Waals surface area contributed by atoms with E-state index in [2.05, 4.69) is 11.1 Å². The van der Waals surface area contributed by atoms with Crippen molar-refractivity contribution in [3.05, 3.63) is 55.7 Å². The number of para-hydroxylation sites is 1. The fourth-order valence-corrected chi connectivity index (χ4v) is 5.12. The van der Waals surface area contributed by atoms with Gasteiger partial charge in [0.15, 0.2) is 5.78 Å². The normalized spacial score (nSPS) is 15.6. The van der Waals surface area contributed by atoms with Crippen molar-refractivity contribution in [2.75, 3.05) is 25.4 Å². The Labute approximate surface area is 177 Å². The van der Waals surface area contributed by atoms with Crippen molar-refractivity contribution in [2.45, 2.75) is 38.6 Å². The number of fused-ring (bicyclic) bond motifs is 1. The molecule has 1 aliphatic rings. The zero-order valence-corrected chi connectivity index (χ0v) is 17.7. The molecule has 0 radical (unpaired) electrons. The lowest BCUT2D eigenvalue weighted by Crippen LogP contribution is -2.41. The van der Waals surface area contributed by atoms with Gasteiger partial charge in [0.25, 0.3) is 5.56 Å². The Balaban J connectivity index is 1.44. The number of carbonyl (C=O) groups is 1. The lowest BCUT2D eigenvalue weighted by atomic mass is 9.97. The first kappa shape index (κ1) is 20.5. The molecule has 0 spiro atoms. The molecule has 8 nitrogen and oxygen atoms in total. The van der Waals surface area contributed by atoms with Crippen LogP contribution in [0.2, 0.25) is 0 Å². The monoisotopic (exact) mass is 427 g/mol. The highest BCUT2D eigenvalue weighted by Gasteiger charge is 2.26. The molecule has 4 rings (SSSR count). The van der Waals surface area contributed by atoms with Crippen LogP contribution in [-0.2, 0) is 6.54 Å². The molecule has 0 bridgehead atoms. The maximum Gasteiger partial charge on any atom is 0.329 e. The maximum atomic E-state index is 12.8. The lowest BCUT2D eigenvalue weighted by Gasteiger charge is -2.30. The third kappa shape index (κ3) is 3.95. The van der Waals surface area contributed by atoms with Crippen molar-refractivity contribution in [3.8, 4) is 0 Å². The van der Waals surface area contributed by atoms with E-state index in [4.69, 9.17) is 10.7 Å². The van der Waals surface area contributed by atoms with Crippen LogP contribution in [0.25, 0.3) is 10.2 Å². The number of piperidine rings is 1. The van der Waals surface area contributed by atoms with Crippen molar-refractivity contribution in [2.24, 2.45) is 0 Å². The minimum atomic E-state index is -0.709. The topological polar surface area (TPSA) is 114 Å². The number of Topliss-reactive ketones (excluding diaryl/α,β-unsaturated/α-hetero) is 1. The minimum Gasteiger partial charge on any atom is -0.384 e. The smallest absolute Gasteiger partial charge is 0.329 e. The van der Waals surface area contributed by atoms with E-state index in [0.29, 0.717) is 18.9 Å². The first-order valence-corrected chi connectivity index (χ1v) is 11.0. The Bertz CT molecular complexity index is 1150. The predicted octanol–water partition coefficient (Wildman–Crippen LogP) is 2.20. The van der Waals surface area contributed by atoms with E-state index in [9.17, 15) is 14.4 Å². The molecule has 3 heterocycles. The zero-order valence-electron chi connectivity index (χ0n) is 16.9. The molecule has 30 heavy (non-hydrogen) atoms. The highest BCUT2D eigenvalue weighted by molar-refractivity contribution is 7.18. The van der Waals surface area contributed by atoms with Gasteiger partial charge in [0.2, 0.25) is 0 Å². The van der Waals surface area contributed by atoms with Gasteiger partial charge in [-0.15, -0.1) is 11.3 Å². The number of aromatic amines is 1. The van der Waals surface area contributed by atoms with E-state index in [1.165, 1.54) is 9.27 Å². The number of nitrogens with two attached hydrogens (primary N) is 1. The Morgan fingerprint density at radius 2 is 2.00 bits per heavy atom. The molecule has 0 unspecified atom stereocenters. The summed E-state index contributed by atoms with van der Waals surface area (Å²) in [6.45, 7) is 3.87. The van der Waals surface area contributed by atoms with Crippen molar-refractivity contribution in [3.63, 3.8) is 0 Å². The Hall–Kier alpha value is -2.78. The number of anilines is 1. The molecule has 2 aromatic heterocycles. The maximum absolute atomic E-state index is 12.8. The number of thiazole rings is 1. The van der Waals surface area contributed by atoms with Crippen molar-refractivity contribution in [1.82, 2.24) is 19.4 Å². The third-order valence-electron chi connectivity index (χ3n) is 5.58. The number of H-pyrrole nitrogens is 1. The molecule has 3 N–H and O–H groups in total. The summed E-state index contributed by atoms with van der Waals surface area (Å²) >= 11 is 1.74. The van der Waals surface area contributed by atoms with E-state index in [1.807, 2.05) is 30.0 Å². The lowest BCUT2D eigenvalue weighted by molar-refractivity contribution is 0.0908. The summed E-state index contributed by atoms with van der Waals surface area (Å²) in [6, 6.07) is 8.14. The number of likely N-dealkylation sites (tertiary alicyclic amines) is 1. The number of carbonyl (C=O) groups excluding carboxylic acids is 1. The molecule has 158 valence electrons. The van der Waals surface area contributed by atoms with Gasteiger partial charge in [-0.2, -0.15) is 0 Å². The average Bonchev–Trinajstić information content (AvgIpc) is 3.16. The van der Waals surface area contributed by atoms with E-state index in [0.717, 1.165) is 36.5 Å². The quantitative estimate of drug-likeness (QED) is 0.583. The van der Waals surface area contributed by atoms with Crippen LogP contribution in [0.3, 0.4) is 0 Å². The first-order valence-electron chi connectivity index (χ1n) is 10.2. The van der Waals surface area contributed by atoms with Crippen LogP contribution in [0.15, 0.2) is 33.9 Å². The van der Waals surface area contributed by atoms with Crippen molar-refractivity contribution < 1.29 is 4.79 Å². The fraction of sp³-hybridized carbons (Fsp3) is 0.429. The number of hydrogen-bond donors (Lipinski definition) is 2. The first-order chi connectivity index (χ1) is 14.5. The van der Waals surface area contributed by atoms with Crippen molar-refractivity contribution in [1.29, 1.82) is 0 Å². The van der Waals surface area contributed by atoms with E-state index >= 15 is 0 Å². The summed E-state index contributed by atoms with van der Waals surface area (Å²) in [6.07, 6.45) is 2.49. The molecule has 0 amide bonds. The molecule has 1 aliphatic heterocycles. The Kier molecular flexibility index (Phi) is 5.83. The van der Waals surface area contributed by atoms with E-state index in [-0.39, 0.29) is 23.7 Å². The molecule has 0 saturated carbocycles. The third-order valence-corrected chi connectivity index (χ3v) is 6.78. The predicted molar refractivity (Wildman–Crippen MR) is 118 cm³/mol. The van der Waals surface area contributed by atoms with Gasteiger partial charge >= 0.3 is 5.69 Å². The molecule has 1 fully saturated rings. The van der Waals surface area contributed by atoms with Crippen LogP contribution in [0.5, 0.6) is 0 Å². The summed E-state index contributed by atoms with van der Waals surface area (Å²) < 4.78 is 2.45. The van der Waals surface area contributed by atoms with E-state index in [1.54, 1.807) is 11.3 Å². The van der Waals surface area contributed by atoms with Gasteiger partial charge < -0.3 is 5.73 Å². The van der Waals surface area contributed by atoms with Crippen LogP contribution >= 0.6 is 11.3 Å². The number of nitrogen functional groups attached to an aromatic ring is 1. The summed E-state index contributed by atoms with van der Waals surface area (Å²) in [5, 5.41) is 1.15. The number of aromatic nitrogens is 3. The number of benzene rings is 1. The van der Waals surface area contributed by atoms with Crippen molar-refractivity contribution >= 4 is 33.2 Å². The van der Waals surface area contributed by atoms with Gasteiger partial charge in [0, 0.05) is 12.5 Å². The van der Waals surface area contributed by atoms with E-state index < -0.39 is 11.2 Å². The van der Waals surface area contributed by atoms with Gasteiger partial charge in [-0.05, 0) is 44.5 Å². The molecule has 0 atom stereocenters. The highest BCUT2D eigenvalue weighted by atomic mass is 32.1.